The van der Waals surface area contributed by atoms with Gasteiger partial charge in [-0.25, -0.2) is 4.68 Å². The maximum atomic E-state index is 4.26. The fourth-order valence-corrected chi connectivity index (χ4v) is 3.36. The number of rotatable bonds is 6. The maximum absolute atomic E-state index is 4.26. The van der Waals surface area contributed by atoms with Gasteiger partial charge < -0.3 is 4.90 Å². The summed E-state index contributed by atoms with van der Waals surface area (Å²) < 4.78 is 1.99. The van der Waals surface area contributed by atoms with Crippen LogP contribution in [-0.2, 0) is 6.54 Å². The van der Waals surface area contributed by atoms with Gasteiger partial charge in [-0.3, -0.25) is 4.90 Å². The van der Waals surface area contributed by atoms with E-state index in [-0.39, 0.29) is 0 Å². The number of likely N-dealkylation sites (N-methyl/N-ethyl adjacent to an activating group) is 1. The zero-order chi connectivity index (χ0) is 15.6. The first kappa shape index (κ1) is 14.5. The summed E-state index contributed by atoms with van der Waals surface area (Å²) in [5.41, 5.74) is 0. The first-order valence-electron chi connectivity index (χ1n) is 8.31. The lowest BCUT2D eigenvalue weighted by Gasteiger charge is -2.28. The van der Waals surface area contributed by atoms with E-state index in [1.807, 2.05) is 16.8 Å². The SMILES string of the molecule is CN(Cc1nnnn1C1CC1)C[C@@H]1CCCN1c1cccnn1. The van der Waals surface area contributed by atoms with Gasteiger partial charge in [0.1, 0.15) is 0 Å². The van der Waals surface area contributed by atoms with E-state index in [0.717, 1.165) is 31.3 Å². The predicted molar refractivity (Wildman–Crippen MR) is 84.8 cm³/mol. The molecule has 122 valence electrons. The molecule has 1 saturated heterocycles. The number of anilines is 1. The Kier molecular flexibility index (Phi) is 3.90. The summed E-state index contributed by atoms with van der Waals surface area (Å²) in [6.45, 7) is 2.82. The number of nitrogens with zero attached hydrogens (tertiary/aromatic N) is 8. The molecule has 2 aromatic heterocycles. The highest BCUT2D eigenvalue weighted by Gasteiger charge is 2.30. The number of tetrazole rings is 1. The van der Waals surface area contributed by atoms with E-state index in [4.69, 9.17) is 0 Å². The van der Waals surface area contributed by atoms with Crippen LogP contribution in [0.25, 0.3) is 0 Å². The molecule has 2 aromatic rings. The minimum Gasteiger partial charge on any atom is -0.351 e. The minimum absolute atomic E-state index is 0.474. The van der Waals surface area contributed by atoms with Crippen LogP contribution in [0.3, 0.4) is 0 Å². The molecule has 0 aromatic carbocycles. The van der Waals surface area contributed by atoms with Gasteiger partial charge in [0, 0.05) is 25.3 Å². The Bertz CT molecular complexity index is 638. The molecule has 4 rings (SSSR count). The molecule has 1 saturated carbocycles. The van der Waals surface area contributed by atoms with E-state index < -0.39 is 0 Å². The first-order valence-corrected chi connectivity index (χ1v) is 8.31. The fraction of sp³-hybridized carbons (Fsp3) is 0.667. The van der Waals surface area contributed by atoms with Crippen LogP contribution in [0.15, 0.2) is 18.3 Å². The number of hydrogen-bond acceptors (Lipinski definition) is 7. The standard InChI is InChI=1S/C15H22N8/c1-21(11-15-18-19-20-23(15)12-6-7-12)10-13-4-3-9-22(13)14-5-2-8-16-17-14/h2,5,8,12-13H,3-4,6-7,9-11H2,1H3/t13-/m0/s1. The Balaban J connectivity index is 1.39. The Morgan fingerprint density at radius 2 is 2.17 bits per heavy atom. The molecule has 0 N–H and O–H groups in total. The van der Waals surface area contributed by atoms with Gasteiger partial charge in [-0.15, -0.1) is 10.2 Å². The van der Waals surface area contributed by atoms with Gasteiger partial charge in [0.05, 0.1) is 12.6 Å². The van der Waals surface area contributed by atoms with Crippen LogP contribution < -0.4 is 4.90 Å². The summed E-state index contributed by atoms with van der Waals surface area (Å²) in [4.78, 5) is 4.68. The largest absolute Gasteiger partial charge is 0.351 e. The fourth-order valence-electron chi connectivity index (χ4n) is 3.36. The van der Waals surface area contributed by atoms with Crippen molar-refractivity contribution < 1.29 is 0 Å². The number of hydrogen-bond donors (Lipinski definition) is 0. The number of aromatic nitrogens is 6. The molecule has 0 amide bonds. The molecule has 2 aliphatic rings. The lowest BCUT2D eigenvalue weighted by Crippen LogP contribution is -2.39. The molecule has 0 bridgehead atoms. The van der Waals surface area contributed by atoms with Crippen LogP contribution in [0.5, 0.6) is 0 Å². The van der Waals surface area contributed by atoms with Crippen molar-refractivity contribution in [2.75, 3.05) is 25.0 Å². The van der Waals surface area contributed by atoms with Gasteiger partial charge in [-0.2, -0.15) is 5.10 Å². The van der Waals surface area contributed by atoms with Gasteiger partial charge >= 0.3 is 0 Å². The minimum atomic E-state index is 0.474. The lowest BCUT2D eigenvalue weighted by molar-refractivity contribution is 0.289. The van der Waals surface area contributed by atoms with E-state index >= 15 is 0 Å². The van der Waals surface area contributed by atoms with E-state index in [2.05, 4.69) is 42.6 Å². The molecule has 8 nitrogen and oxygen atoms in total. The average molecular weight is 314 g/mol. The van der Waals surface area contributed by atoms with Crippen LogP contribution in [0.1, 0.15) is 37.5 Å². The van der Waals surface area contributed by atoms with Crippen molar-refractivity contribution >= 4 is 5.82 Å². The molecule has 0 spiro atoms. The summed E-state index contributed by atoms with van der Waals surface area (Å²) in [6.07, 6.45) is 6.51. The van der Waals surface area contributed by atoms with E-state index in [1.54, 1.807) is 6.20 Å². The van der Waals surface area contributed by atoms with Gasteiger partial charge in [-0.1, -0.05) is 0 Å². The Labute approximate surface area is 135 Å². The van der Waals surface area contributed by atoms with Crippen molar-refractivity contribution in [2.45, 2.75) is 44.3 Å². The smallest absolute Gasteiger partial charge is 0.165 e. The molecular formula is C15H22N8. The van der Waals surface area contributed by atoms with Gasteiger partial charge in [0.15, 0.2) is 11.6 Å². The third-order valence-corrected chi connectivity index (χ3v) is 4.62. The molecule has 1 aliphatic heterocycles. The van der Waals surface area contributed by atoms with Crippen molar-refractivity contribution in [3.05, 3.63) is 24.2 Å². The predicted octanol–water partition coefficient (Wildman–Crippen LogP) is 0.899. The second kappa shape index (κ2) is 6.19. The van der Waals surface area contributed by atoms with Crippen molar-refractivity contribution in [1.29, 1.82) is 0 Å². The molecule has 8 heteroatoms. The Hall–Kier alpha value is -2.09. The normalized spacial score (nSPS) is 21.3. The molecule has 3 heterocycles. The third kappa shape index (κ3) is 3.17. The third-order valence-electron chi connectivity index (χ3n) is 4.62. The van der Waals surface area contributed by atoms with Gasteiger partial charge in [0.25, 0.3) is 0 Å². The quantitative estimate of drug-likeness (QED) is 0.784. The summed E-state index contributed by atoms with van der Waals surface area (Å²) in [6, 6.07) is 4.99. The van der Waals surface area contributed by atoms with Crippen LogP contribution in [0.4, 0.5) is 5.82 Å². The van der Waals surface area contributed by atoms with E-state index in [9.17, 15) is 0 Å². The molecule has 1 aliphatic carbocycles. The highest BCUT2D eigenvalue weighted by molar-refractivity contribution is 5.39. The van der Waals surface area contributed by atoms with Crippen LogP contribution in [0, 0.1) is 0 Å². The molecule has 1 atom stereocenters. The van der Waals surface area contributed by atoms with E-state index in [1.165, 1.54) is 25.7 Å². The summed E-state index contributed by atoms with van der Waals surface area (Å²) in [5, 5.41) is 20.4. The molecule has 2 fully saturated rings. The molecule has 23 heavy (non-hydrogen) atoms. The topological polar surface area (TPSA) is 75.9 Å². The second-order valence-corrected chi connectivity index (χ2v) is 6.54. The zero-order valence-corrected chi connectivity index (χ0v) is 13.4. The first-order chi connectivity index (χ1) is 11.3. The van der Waals surface area contributed by atoms with Crippen molar-refractivity contribution in [3.8, 4) is 0 Å². The Morgan fingerprint density at radius 3 is 2.96 bits per heavy atom. The summed E-state index contributed by atoms with van der Waals surface area (Å²) in [7, 11) is 2.14. The summed E-state index contributed by atoms with van der Waals surface area (Å²) in [5.74, 6) is 1.95. The molecular weight excluding hydrogens is 292 g/mol. The molecule has 0 radical (unpaired) electrons. The second-order valence-electron chi connectivity index (χ2n) is 6.54. The van der Waals surface area contributed by atoms with Crippen molar-refractivity contribution in [3.63, 3.8) is 0 Å². The van der Waals surface area contributed by atoms with E-state index in [0.29, 0.717) is 12.1 Å². The van der Waals surface area contributed by atoms with Crippen molar-refractivity contribution in [1.82, 2.24) is 35.3 Å². The highest BCUT2D eigenvalue weighted by Crippen LogP contribution is 2.34. The van der Waals surface area contributed by atoms with Crippen molar-refractivity contribution in [2.24, 2.45) is 0 Å². The Morgan fingerprint density at radius 1 is 1.26 bits per heavy atom. The van der Waals surface area contributed by atoms with Crippen LogP contribution in [0.2, 0.25) is 0 Å². The zero-order valence-electron chi connectivity index (χ0n) is 13.4. The lowest BCUT2D eigenvalue weighted by atomic mass is 10.2. The summed E-state index contributed by atoms with van der Waals surface area (Å²) >= 11 is 0. The maximum Gasteiger partial charge on any atom is 0.165 e. The highest BCUT2D eigenvalue weighted by atomic mass is 15.6. The molecule has 0 unspecified atom stereocenters. The van der Waals surface area contributed by atoms with Gasteiger partial charge in [0.2, 0.25) is 0 Å². The van der Waals surface area contributed by atoms with Gasteiger partial charge in [-0.05, 0) is 55.3 Å². The average Bonchev–Trinajstić information content (AvgIpc) is 3.13. The monoisotopic (exact) mass is 314 g/mol. The van der Waals surface area contributed by atoms with Crippen LogP contribution in [-0.4, -0.2) is 61.5 Å². The van der Waals surface area contributed by atoms with Crippen LogP contribution >= 0.6 is 0 Å².